The molecule has 1 amide bonds. The van der Waals surface area contributed by atoms with Gasteiger partial charge < -0.3 is 30.6 Å². The summed E-state index contributed by atoms with van der Waals surface area (Å²) in [6.07, 6.45) is 9.70. The van der Waals surface area contributed by atoms with E-state index in [1.165, 1.54) is 0 Å². The number of aromatic nitrogens is 1. The highest BCUT2D eigenvalue weighted by atomic mass is 16.5. The molecule has 0 bridgehead atoms. The molecule has 2 aliphatic rings. The number of rotatable bonds is 11. The van der Waals surface area contributed by atoms with Crippen LogP contribution in [0.4, 0.5) is 0 Å². The first-order chi connectivity index (χ1) is 15.5. The summed E-state index contributed by atoms with van der Waals surface area (Å²) < 4.78 is 17.5. The van der Waals surface area contributed by atoms with E-state index in [1.807, 2.05) is 18.2 Å². The van der Waals surface area contributed by atoms with Crippen LogP contribution >= 0.6 is 0 Å². The number of nitrogens with two attached hydrogens (primary N) is 1. The van der Waals surface area contributed by atoms with E-state index in [-0.39, 0.29) is 0 Å². The molecule has 0 spiro atoms. The fourth-order valence-corrected chi connectivity index (χ4v) is 4.77. The molecule has 8 nitrogen and oxygen atoms in total. The van der Waals surface area contributed by atoms with Gasteiger partial charge >= 0.3 is 0 Å². The molecular formula is C24H36N4O4. The minimum atomic E-state index is -0.823. The van der Waals surface area contributed by atoms with Gasteiger partial charge in [0, 0.05) is 32.3 Å². The maximum absolute atomic E-state index is 12.5. The smallest absolute Gasteiger partial charge is 0.238 e. The molecule has 2 atom stereocenters. The number of amides is 1. The molecule has 1 aromatic heterocycles. The number of nitrogens with zero attached hydrogens (tertiary/aromatic N) is 1. The number of piperidine rings is 1. The van der Waals surface area contributed by atoms with Crippen molar-refractivity contribution in [2.45, 2.75) is 43.7 Å². The average Bonchev–Trinajstić information content (AvgIpc) is 2.82. The molecule has 2 heterocycles. The minimum absolute atomic E-state index is 0.410. The van der Waals surface area contributed by atoms with Crippen LogP contribution in [0.2, 0.25) is 0 Å². The van der Waals surface area contributed by atoms with Gasteiger partial charge in [-0.25, -0.2) is 0 Å². The SMILES string of the molecule is COC1=C(OC)C(Cc2ccncc2)(OC)CC(C(NCCC2CCNCC2)C(N)=O)=C1. The normalized spacial score (nSPS) is 22.9. The van der Waals surface area contributed by atoms with Gasteiger partial charge in [-0.05, 0) is 74.2 Å². The van der Waals surface area contributed by atoms with E-state index >= 15 is 0 Å². The van der Waals surface area contributed by atoms with Crippen LogP contribution in [0.25, 0.3) is 0 Å². The molecule has 1 aliphatic heterocycles. The van der Waals surface area contributed by atoms with Gasteiger partial charge in [0.15, 0.2) is 11.5 Å². The van der Waals surface area contributed by atoms with E-state index in [4.69, 9.17) is 19.9 Å². The van der Waals surface area contributed by atoms with E-state index < -0.39 is 17.6 Å². The number of primary amides is 1. The first kappa shape index (κ1) is 24.2. The van der Waals surface area contributed by atoms with Crippen molar-refractivity contribution in [3.63, 3.8) is 0 Å². The summed E-state index contributed by atoms with van der Waals surface area (Å²) in [5.41, 5.74) is 6.88. The minimum Gasteiger partial charge on any atom is -0.494 e. The lowest BCUT2D eigenvalue weighted by Crippen LogP contribution is -2.48. The molecule has 4 N–H and O–H groups in total. The van der Waals surface area contributed by atoms with E-state index in [1.54, 1.807) is 33.7 Å². The molecule has 1 saturated heterocycles. The van der Waals surface area contributed by atoms with Crippen LogP contribution in [0.3, 0.4) is 0 Å². The second-order valence-corrected chi connectivity index (χ2v) is 8.50. The molecule has 0 aromatic carbocycles. The highest BCUT2D eigenvalue weighted by molar-refractivity contribution is 5.83. The molecule has 1 fully saturated rings. The largest absolute Gasteiger partial charge is 0.494 e. The quantitative estimate of drug-likeness (QED) is 0.477. The number of hydrogen-bond donors (Lipinski definition) is 3. The Hall–Kier alpha value is -2.42. The highest BCUT2D eigenvalue weighted by Gasteiger charge is 2.44. The summed E-state index contributed by atoms with van der Waals surface area (Å²) in [5.74, 6) is 1.39. The second-order valence-electron chi connectivity index (χ2n) is 8.50. The number of allylic oxidation sites excluding steroid dienone is 1. The van der Waals surface area contributed by atoms with Crippen molar-refractivity contribution >= 4 is 5.91 Å². The average molecular weight is 445 g/mol. The molecular weight excluding hydrogens is 408 g/mol. The number of carbonyl (C=O) groups is 1. The third kappa shape index (κ3) is 5.68. The fraction of sp³-hybridized carbons (Fsp3) is 0.583. The van der Waals surface area contributed by atoms with Gasteiger partial charge in [-0.3, -0.25) is 9.78 Å². The second kappa shape index (κ2) is 11.4. The molecule has 3 rings (SSSR count). The first-order valence-electron chi connectivity index (χ1n) is 11.2. The lowest BCUT2D eigenvalue weighted by molar-refractivity contribution is -0.119. The zero-order valence-electron chi connectivity index (χ0n) is 19.4. The van der Waals surface area contributed by atoms with Gasteiger partial charge in [0.05, 0.1) is 14.2 Å². The Balaban J connectivity index is 1.83. The lowest BCUT2D eigenvalue weighted by Gasteiger charge is -2.39. The number of hydrogen-bond acceptors (Lipinski definition) is 7. The fourth-order valence-electron chi connectivity index (χ4n) is 4.77. The standard InChI is InChI=1S/C24H36N4O4/c1-30-20-14-19(21(23(25)29)28-13-8-17-4-9-26-10-5-17)16-24(32-3,22(20)31-2)15-18-6-11-27-12-7-18/h6-7,11-12,14,17,21,26,28H,4-5,8-10,13,15-16H2,1-3H3,(H2,25,29). The number of ether oxygens (including phenoxy) is 3. The predicted octanol–water partition coefficient (Wildman–Crippen LogP) is 1.68. The van der Waals surface area contributed by atoms with Crippen LogP contribution < -0.4 is 16.4 Å². The van der Waals surface area contributed by atoms with Crippen molar-refractivity contribution in [2.24, 2.45) is 11.7 Å². The lowest BCUT2D eigenvalue weighted by atomic mass is 9.79. The Labute approximate surface area is 190 Å². The molecule has 0 saturated carbocycles. The molecule has 1 aliphatic carbocycles. The van der Waals surface area contributed by atoms with E-state index in [0.29, 0.717) is 30.3 Å². The van der Waals surface area contributed by atoms with Gasteiger partial charge in [-0.15, -0.1) is 0 Å². The summed E-state index contributed by atoms with van der Waals surface area (Å²) in [6.45, 7) is 2.84. The number of methoxy groups -OCH3 is 3. The van der Waals surface area contributed by atoms with Crippen LogP contribution in [0.5, 0.6) is 0 Å². The van der Waals surface area contributed by atoms with Crippen LogP contribution in [-0.4, -0.2) is 63.5 Å². The topological polar surface area (TPSA) is 108 Å². The van der Waals surface area contributed by atoms with E-state index in [9.17, 15) is 4.79 Å². The Morgan fingerprint density at radius 2 is 1.97 bits per heavy atom. The molecule has 2 unspecified atom stereocenters. The Kier molecular flexibility index (Phi) is 8.67. The van der Waals surface area contributed by atoms with Gasteiger partial charge in [-0.2, -0.15) is 0 Å². The summed E-state index contributed by atoms with van der Waals surface area (Å²) in [6, 6.07) is 3.29. The van der Waals surface area contributed by atoms with Gasteiger partial charge in [0.2, 0.25) is 5.91 Å². The zero-order valence-corrected chi connectivity index (χ0v) is 19.4. The molecule has 176 valence electrons. The summed E-state index contributed by atoms with van der Waals surface area (Å²) in [4.78, 5) is 16.6. The van der Waals surface area contributed by atoms with Crippen molar-refractivity contribution < 1.29 is 19.0 Å². The van der Waals surface area contributed by atoms with Crippen molar-refractivity contribution in [3.8, 4) is 0 Å². The zero-order chi connectivity index (χ0) is 23.0. The predicted molar refractivity (Wildman–Crippen MR) is 123 cm³/mol. The van der Waals surface area contributed by atoms with E-state index in [2.05, 4.69) is 15.6 Å². The maximum atomic E-state index is 12.5. The molecule has 8 heteroatoms. The summed E-state index contributed by atoms with van der Waals surface area (Å²) in [7, 11) is 4.85. The van der Waals surface area contributed by atoms with Gasteiger partial charge in [-0.1, -0.05) is 0 Å². The number of carbonyl (C=O) groups excluding carboxylic acids is 1. The van der Waals surface area contributed by atoms with Gasteiger partial charge in [0.25, 0.3) is 0 Å². The molecule has 0 radical (unpaired) electrons. The summed E-state index contributed by atoms with van der Waals surface area (Å²) in [5, 5.41) is 6.78. The van der Waals surface area contributed by atoms with Crippen LogP contribution in [0, 0.1) is 5.92 Å². The van der Waals surface area contributed by atoms with Crippen LogP contribution in [-0.2, 0) is 25.4 Å². The van der Waals surface area contributed by atoms with Crippen molar-refractivity contribution in [3.05, 3.63) is 53.3 Å². The van der Waals surface area contributed by atoms with Crippen LogP contribution in [0.1, 0.15) is 31.2 Å². The highest BCUT2D eigenvalue weighted by Crippen LogP contribution is 2.40. The molecule has 32 heavy (non-hydrogen) atoms. The number of nitrogens with one attached hydrogen (secondary N) is 2. The third-order valence-corrected chi connectivity index (χ3v) is 6.51. The number of pyridine rings is 1. The third-order valence-electron chi connectivity index (χ3n) is 6.51. The van der Waals surface area contributed by atoms with Crippen molar-refractivity contribution in [1.29, 1.82) is 0 Å². The first-order valence-corrected chi connectivity index (χ1v) is 11.2. The van der Waals surface area contributed by atoms with Crippen LogP contribution in [0.15, 0.2) is 47.7 Å². The van der Waals surface area contributed by atoms with Crippen molar-refractivity contribution in [1.82, 2.24) is 15.6 Å². The molecule has 1 aromatic rings. The Morgan fingerprint density at radius 3 is 2.56 bits per heavy atom. The monoisotopic (exact) mass is 444 g/mol. The Morgan fingerprint density at radius 1 is 1.25 bits per heavy atom. The van der Waals surface area contributed by atoms with Crippen molar-refractivity contribution in [2.75, 3.05) is 41.0 Å². The van der Waals surface area contributed by atoms with E-state index in [0.717, 1.165) is 50.0 Å². The summed E-state index contributed by atoms with van der Waals surface area (Å²) >= 11 is 0. The Bertz CT molecular complexity index is 821. The maximum Gasteiger partial charge on any atom is 0.238 e. The van der Waals surface area contributed by atoms with Gasteiger partial charge in [0.1, 0.15) is 11.6 Å².